The van der Waals surface area contributed by atoms with Crippen LogP contribution in [0, 0.1) is 11.8 Å². The van der Waals surface area contributed by atoms with Crippen LogP contribution in [0.5, 0.6) is 0 Å². The Kier molecular flexibility index (Phi) is 4.31. The van der Waals surface area contributed by atoms with Crippen molar-refractivity contribution in [2.45, 2.75) is 32.1 Å². The number of alkyl halides is 1. The third kappa shape index (κ3) is 2.85. The third-order valence-corrected chi connectivity index (χ3v) is 4.64. The monoisotopic (exact) mass is 290 g/mol. The Balaban J connectivity index is 1.79. The van der Waals surface area contributed by atoms with Crippen LogP contribution in [-0.2, 0) is 6.42 Å². The molecule has 0 amide bonds. The van der Waals surface area contributed by atoms with Crippen molar-refractivity contribution in [1.29, 1.82) is 0 Å². The number of halogens is 1. The SMILES string of the molecule is ClCC(Cc1nnnn1-c1ccccc1)C1CCCC1. The van der Waals surface area contributed by atoms with Gasteiger partial charge in [0.05, 0.1) is 5.69 Å². The molecule has 1 fully saturated rings. The summed E-state index contributed by atoms with van der Waals surface area (Å²) < 4.78 is 1.83. The summed E-state index contributed by atoms with van der Waals surface area (Å²) in [6.45, 7) is 0. The van der Waals surface area contributed by atoms with Gasteiger partial charge in [-0.15, -0.1) is 16.7 Å². The van der Waals surface area contributed by atoms with Crippen LogP contribution in [0.2, 0.25) is 0 Å². The zero-order valence-electron chi connectivity index (χ0n) is 11.5. The van der Waals surface area contributed by atoms with Crippen molar-refractivity contribution in [3.8, 4) is 5.69 Å². The molecule has 0 saturated heterocycles. The van der Waals surface area contributed by atoms with Crippen LogP contribution in [0.4, 0.5) is 0 Å². The zero-order chi connectivity index (χ0) is 13.8. The highest BCUT2D eigenvalue weighted by Crippen LogP contribution is 2.33. The summed E-state index contributed by atoms with van der Waals surface area (Å²) in [5.41, 5.74) is 1.01. The molecule has 0 aliphatic heterocycles. The van der Waals surface area contributed by atoms with E-state index in [2.05, 4.69) is 15.5 Å². The maximum atomic E-state index is 6.19. The Morgan fingerprint density at radius 2 is 1.95 bits per heavy atom. The summed E-state index contributed by atoms with van der Waals surface area (Å²) in [5, 5.41) is 12.1. The Hall–Kier alpha value is -1.42. The van der Waals surface area contributed by atoms with Crippen molar-refractivity contribution in [3.63, 3.8) is 0 Å². The highest BCUT2D eigenvalue weighted by molar-refractivity contribution is 6.18. The summed E-state index contributed by atoms with van der Waals surface area (Å²) in [6, 6.07) is 10.0. The lowest BCUT2D eigenvalue weighted by molar-refractivity contribution is 0.361. The van der Waals surface area contributed by atoms with Crippen LogP contribution in [0.1, 0.15) is 31.5 Å². The van der Waals surface area contributed by atoms with Gasteiger partial charge in [-0.05, 0) is 34.4 Å². The van der Waals surface area contributed by atoms with E-state index >= 15 is 0 Å². The summed E-state index contributed by atoms with van der Waals surface area (Å²) in [6.07, 6.45) is 6.12. The van der Waals surface area contributed by atoms with Crippen LogP contribution in [-0.4, -0.2) is 26.1 Å². The summed E-state index contributed by atoms with van der Waals surface area (Å²) in [4.78, 5) is 0. The molecule has 2 aromatic rings. The van der Waals surface area contributed by atoms with E-state index in [0.29, 0.717) is 11.8 Å². The fraction of sp³-hybridized carbons (Fsp3) is 0.533. The highest BCUT2D eigenvalue weighted by Gasteiger charge is 2.26. The molecule has 0 spiro atoms. The van der Waals surface area contributed by atoms with Gasteiger partial charge < -0.3 is 0 Å². The standard InChI is InChI=1S/C15H19ClN4/c16-11-13(12-6-4-5-7-12)10-15-17-18-19-20(15)14-8-2-1-3-9-14/h1-3,8-9,12-13H,4-7,10-11H2. The summed E-state index contributed by atoms with van der Waals surface area (Å²) >= 11 is 6.19. The van der Waals surface area contributed by atoms with Crippen molar-refractivity contribution in [3.05, 3.63) is 36.2 Å². The van der Waals surface area contributed by atoms with Crippen LogP contribution in [0.15, 0.2) is 30.3 Å². The topological polar surface area (TPSA) is 43.6 Å². The Morgan fingerprint density at radius 1 is 1.20 bits per heavy atom. The predicted molar refractivity (Wildman–Crippen MR) is 79.0 cm³/mol. The molecule has 1 aliphatic carbocycles. The molecule has 3 rings (SSSR count). The van der Waals surface area contributed by atoms with Crippen molar-refractivity contribution >= 4 is 11.6 Å². The molecular formula is C15H19ClN4. The van der Waals surface area contributed by atoms with Gasteiger partial charge in [0.25, 0.3) is 0 Å². The number of hydrogen-bond acceptors (Lipinski definition) is 3. The molecule has 1 atom stereocenters. The lowest BCUT2D eigenvalue weighted by Crippen LogP contribution is -2.19. The van der Waals surface area contributed by atoms with E-state index in [9.17, 15) is 0 Å². The van der Waals surface area contributed by atoms with E-state index in [1.807, 2.05) is 35.0 Å². The average molecular weight is 291 g/mol. The van der Waals surface area contributed by atoms with E-state index in [-0.39, 0.29) is 0 Å². The fourth-order valence-corrected chi connectivity index (χ4v) is 3.47. The third-order valence-electron chi connectivity index (χ3n) is 4.24. The molecule has 1 heterocycles. The number of hydrogen-bond donors (Lipinski definition) is 0. The smallest absolute Gasteiger partial charge is 0.157 e. The Labute approximate surface area is 124 Å². The van der Waals surface area contributed by atoms with E-state index in [1.165, 1.54) is 25.7 Å². The van der Waals surface area contributed by atoms with Gasteiger partial charge in [-0.3, -0.25) is 0 Å². The second-order valence-corrected chi connectivity index (χ2v) is 5.81. The molecular weight excluding hydrogens is 272 g/mol. The molecule has 0 radical (unpaired) electrons. The maximum Gasteiger partial charge on any atom is 0.157 e. The van der Waals surface area contributed by atoms with Gasteiger partial charge in [-0.2, -0.15) is 4.68 Å². The second-order valence-electron chi connectivity index (χ2n) is 5.51. The Bertz CT molecular complexity index is 534. The summed E-state index contributed by atoms with van der Waals surface area (Å²) in [5.74, 6) is 2.81. The van der Waals surface area contributed by atoms with Gasteiger partial charge in [0.2, 0.25) is 0 Å². The first kappa shape index (κ1) is 13.6. The molecule has 106 valence electrons. The molecule has 1 aliphatic rings. The van der Waals surface area contributed by atoms with Crippen LogP contribution < -0.4 is 0 Å². The molecule has 4 nitrogen and oxygen atoms in total. The lowest BCUT2D eigenvalue weighted by Gasteiger charge is -2.20. The lowest BCUT2D eigenvalue weighted by atomic mass is 9.89. The van der Waals surface area contributed by atoms with Crippen LogP contribution in [0.25, 0.3) is 5.69 Å². The van der Waals surface area contributed by atoms with Crippen LogP contribution >= 0.6 is 11.6 Å². The number of tetrazole rings is 1. The highest BCUT2D eigenvalue weighted by atomic mass is 35.5. The largest absolute Gasteiger partial charge is 0.197 e. The number of rotatable bonds is 5. The van der Waals surface area contributed by atoms with Crippen LogP contribution in [0.3, 0.4) is 0 Å². The average Bonchev–Trinajstić information content (AvgIpc) is 3.17. The van der Waals surface area contributed by atoms with Gasteiger partial charge in [-0.25, -0.2) is 0 Å². The van der Waals surface area contributed by atoms with Gasteiger partial charge in [0, 0.05) is 12.3 Å². The minimum Gasteiger partial charge on any atom is -0.197 e. The van der Waals surface area contributed by atoms with E-state index in [0.717, 1.165) is 23.9 Å². The molecule has 1 aromatic heterocycles. The van der Waals surface area contributed by atoms with E-state index in [1.54, 1.807) is 0 Å². The number of para-hydroxylation sites is 1. The molecule has 1 saturated carbocycles. The predicted octanol–water partition coefficient (Wildman–Crippen LogP) is 3.25. The normalized spacial score (nSPS) is 17.4. The van der Waals surface area contributed by atoms with Crippen molar-refractivity contribution < 1.29 is 0 Å². The first-order valence-corrected chi connectivity index (χ1v) is 7.80. The number of nitrogens with zero attached hydrogens (tertiary/aromatic N) is 4. The quantitative estimate of drug-likeness (QED) is 0.794. The van der Waals surface area contributed by atoms with Gasteiger partial charge in [0.15, 0.2) is 5.82 Å². The minimum atomic E-state index is 0.479. The molecule has 0 bridgehead atoms. The molecule has 1 aromatic carbocycles. The van der Waals surface area contributed by atoms with Gasteiger partial charge >= 0.3 is 0 Å². The first-order valence-electron chi connectivity index (χ1n) is 7.27. The molecule has 20 heavy (non-hydrogen) atoms. The summed E-state index contributed by atoms with van der Waals surface area (Å²) in [7, 11) is 0. The van der Waals surface area contributed by atoms with Crippen molar-refractivity contribution in [1.82, 2.24) is 20.2 Å². The number of aromatic nitrogens is 4. The number of benzene rings is 1. The Morgan fingerprint density at radius 3 is 2.65 bits per heavy atom. The fourth-order valence-electron chi connectivity index (χ4n) is 3.11. The van der Waals surface area contributed by atoms with Gasteiger partial charge in [-0.1, -0.05) is 43.9 Å². The van der Waals surface area contributed by atoms with Gasteiger partial charge in [0.1, 0.15) is 0 Å². The molecule has 1 unspecified atom stereocenters. The zero-order valence-corrected chi connectivity index (χ0v) is 12.2. The van der Waals surface area contributed by atoms with E-state index < -0.39 is 0 Å². The maximum absolute atomic E-state index is 6.19. The molecule has 0 N–H and O–H groups in total. The second kappa shape index (κ2) is 6.35. The van der Waals surface area contributed by atoms with Crippen molar-refractivity contribution in [2.75, 3.05) is 5.88 Å². The molecule has 5 heteroatoms. The van der Waals surface area contributed by atoms with Crippen molar-refractivity contribution in [2.24, 2.45) is 11.8 Å². The minimum absolute atomic E-state index is 0.479. The first-order chi connectivity index (χ1) is 9.88. The van der Waals surface area contributed by atoms with E-state index in [4.69, 9.17) is 11.6 Å².